The Morgan fingerprint density at radius 3 is 3.04 bits per heavy atom. The molecule has 6 nitrogen and oxygen atoms in total. The molecule has 0 amide bonds. The lowest BCUT2D eigenvalue weighted by molar-refractivity contribution is 0.241. The summed E-state index contributed by atoms with van der Waals surface area (Å²) in [6.07, 6.45) is 4.19. The molecule has 0 aliphatic carbocycles. The van der Waals surface area contributed by atoms with Gasteiger partial charge in [0.1, 0.15) is 10.8 Å². The first-order valence-electron chi connectivity index (χ1n) is 7.85. The summed E-state index contributed by atoms with van der Waals surface area (Å²) in [4.78, 5) is 30.9. The number of aryl methyl sites for hydroxylation is 1. The molecule has 0 bridgehead atoms. The number of rotatable bonds is 3. The molecule has 122 valence electrons. The van der Waals surface area contributed by atoms with Crippen LogP contribution in [0.15, 0.2) is 34.7 Å². The highest BCUT2D eigenvalue weighted by atomic mass is 32.1. The van der Waals surface area contributed by atoms with Gasteiger partial charge in [0.2, 0.25) is 0 Å². The third-order valence-electron chi connectivity index (χ3n) is 4.11. The Hall–Kier alpha value is -2.38. The summed E-state index contributed by atoms with van der Waals surface area (Å²) in [5.74, 6) is 0.593. The number of fused-ring (bicyclic) bond motifs is 1. The van der Waals surface area contributed by atoms with Crippen LogP contribution in [0.4, 0.5) is 0 Å². The summed E-state index contributed by atoms with van der Waals surface area (Å²) in [5.41, 5.74) is 3.48. The Morgan fingerprint density at radius 2 is 2.29 bits per heavy atom. The van der Waals surface area contributed by atoms with Gasteiger partial charge in [-0.15, -0.1) is 11.3 Å². The highest BCUT2D eigenvalue weighted by Gasteiger charge is 2.22. The summed E-state index contributed by atoms with van der Waals surface area (Å²) < 4.78 is 0. The normalized spacial score (nSPS) is 14.5. The number of aromatic nitrogens is 4. The molecule has 4 heterocycles. The topological polar surface area (TPSA) is 74.8 Å². The van der Waals surface area contributed by atoms with Crippen LogP contribution in [0.25, 0.3) is 11.4 Å². The fourth-order valence-electron chi connectivity index (χ4n) is 2.92. The zero-order valence-electron chi connectivity index (χ0n) is 13.3. The van der Waals surface area contributed by atoms with Crippen molar-refractivity contribution in [1.29, 1.82) is 0 Å². The number of thiazole rings is 1. The predicted molar refractivity (Wildman–Crippen MR) is 92.8 cm³/mol. The van der Waals surface area contributed by atoms with Gasteiger partial charge in [0.25, 0.3) is 5.56 Å². The molecule has 0 saturated carbocycles. The number of hydrogen-bond donors (Lipinski definition) is 1. The molecule has 1 aliphatic rings. The zero-order chi connectivity index (χ0) is 16.5. The molecule has 3 aromatic heterocycles. The Morgan fingerprint density at radius 1 is 1.38 bits per heavy atom. The molecule has 0 atom stereocenters. The van der Waals surface area contributed by atoms with E-state index in [1.54, 1.807) is 23.7 Å². The van der Waals surface area contributed by atoms with Crippen LogP contribution in [0, 0.1) is 6.92 Å². The molecule has 0 spiro atoms. The van der Waals surface area contributed by atoms with E-state index in [1.807, 2.05) is 19.1 Å². The molecule has 4 rings (SSSR count). The van der Waals surface area contributed by atoms with E-state index in [4.69, 9.17) is 0 Å². The van der Waals surface area contributed by atoms with Gasteiger partial charge in [0.05, 0.1) is 17.8 Å². The zero-order valence-corrected chi connectivity index (χ0v) is 14.1. The number of nitrogens with zero attached hydrogens (tertiary/aromatic N) is 4. The van der Waals surface area contributed by atoms with Crippen LogP contribution in [0.1, 0.15) is 22.0 Å². The summed E-state index contributed by atoms with van der Waals surface area (Å²) in [5, 5.41) is 3.15. The van der Waals surface area contributed by atoms with Crippen LogP contribution >= 0.6 is 11.3 Å². The van der Waals surface area contributed by atoms with Crippen molar-refractivity contribution >= 4 is 11.3 Å². The summed E-state index contributed by atoms with van der Waals surface area (Å²) >= 11 is 1.67. The van der Waals surface area contributed by atoms with Crippen LogP contribution in [-0.4, -0.2) is 31.4 Å². The molecule has 7 heteroatoms. The van der Waals surface area contributed by atoms with Gasteiger partial charge in [0.15, 0.2) is 0 Å². The Bertz CT molecular complexity index is 918. The van der Waals surface area contributed by atoms with Crippen molar-refractivity contribution in [1.82, 2.24) is 24.8 Å². The third kappa shape index (κ3) is 3.00. The first kappa shape index (κ1) is 15.2. The number of nitrogens with one attached hydrogen (secondary N) is 1. The summed E-state index contributed by atoms with van der Waals surface area (Å²) in [6.45, 7) is 4.28. The van der Waals surface area contributed by atoms with E-state index >= 15 is 0 Å². The Labute approximate surface area is 143 Å². The number of pyridine rings is 1. The summed E-state index contributed by atoms with van der Waals surface area (Å²) in [7, 11) is 0. The van der Waals surface area contributed by atoms with Crippen LogP contribution in [0.3, 0.4) is 0 Å². The largest absolute Gasteiger partial charge is 0.306 e. The minimum absolute atomic E-state index is 0.0566. The highest BCUT2D eigenvalue weighted by molar-refractivity contribution is 7.09. The standard InChI is InChI=1S/C17H17N5OS/c1-11-10-24-15(19-11)9-22-6-4-14-13(8-22)17(23)21-16(20-14)12-3-2-5-18-7-12/h2-3,5,7,10H,4,6,8-9H2,1H3,(H,20,21,23). The molecular weight excluding hydrogens is 322 g/mol. The second-order valence-electron chi connectivity index (χ2n) is 5.92. The molecule has 0 fully saturated rings. The lowest BCUT2D eigenvalue weighted by Crippen LogP contribution is -2.35. The van der Waals surface area contributed by atoms with Crippen molar-refractivity contribution < 1.29 is 0 Å². The van der Waals surface area contributed by atoms with Gasteiger partial charge in [-0.05, 0) is 19.1 Å². The minimum atomic E-state index is -0.0566. The maximum atomic E-state index is 12.5. The molecule has 0 saturated heterocycles. The minimum Gasteiger partial charge on any atom is -0.306 e. The molecule has 0 unspecified atom stereocenters. The van der Waals surface area contributed by atoms with E-state index < -0.39 is 0 Å². The van der Waals surface area contributed by atoms with Crippen molar-refractivity contribution in [2.75, 3.05) is 6.54 Å². The SMILES string of the molecule is Cc1csc(CN2CCc3nc(-c4cccnc4)[nH]c(=O)c3C2)n1. The Balaban J connectivity index is 1.59. The molecule has 1 aliphatic heterocycles. The highest BCUT2D eigenvalue weighted by Crippen LogP contribution is 2.20. The van der Waals surface area contributed by atoms with Gasteiger partial charge in [-0.25, -0.2) is 9.97 Å². The predicted octanol–water partition coefficient (Wildman–Crippen LogP) is 2.16. The molecule has 24 heavy (non-hydrogen) atoms. The smallest absolute Gasteiger partial charge is 0.255 e. The average molecular weight is 339 g/mol. The van der Waals surface area contributed by atoms with Gasteiger partial charge < -0.3 is 4.98 Å². The van der Waals surface area contributed by atoms with Crippen LogP contribution < -0.4 is 5.56 Å². The van der Waals surface area contributed by atoms with Gasteiger partial charge in [-0.2, -0.15) is 0 Å². The Kier molecular flexibility index (Phi) is 3.95. The van der Waals surface area contributed by atoms with Crippen molar-refractivity contribution in [2.45, 2.75) is 26.4 Å². The van der Waals surface area contributed by atoms with E-state index in [-0.39, 0.29) is 5.56 Å². The molecule has 0 aromatic carbocycles. The molecule has 3 aromatic rings. The maximum Gasteiger partial charge on any atom is 0.255 e. The second kappa shape index (κ2) is 6.26. The fraction of sp³-hybridized carbons (Fsp3) is 0.294. The van der Waals surface area contributed by atoms with Crippen LogP contribution in [0.2, 0.25) is 0 Å². The van der Waals surface area contributed by atoms with E-state index in [0.717, 1.165) is 47.0 Å². The van der Waals surface area contributed by atoms with Crippen molar-refractivity contribution in [3.05, 3.63) is 62.2 Å². The monoisotopic (exact) mass is 339 g/mol. The van der Waals surface area contributed by atoms with E-state index in [1.165, 1.54) is 0 Å². The average Bonchev–Trinajstić information content (AvgIpc) is 3.01. The lowest BCUT2D eigenvalue weighted by atomic mass is 10.1. The van der Waals surface area contributed by atoms with E-state index in [0.29, 0.717) is 12.4 Å². The quantitative estimate of drug-likeness (QED) is 0.791. The van der Waals surface area contributed by atoms with Crippen LogP contribution in [0.5, 0.6) is 0 Å². The van der Waals surface area contributed by atoms with Gasteiger partial charge >= 0.3 is 0 Å². The molecule has 1 N–H and O–H groups in total. The lowest BCUT2D eigenvalue weighted by Gasteiger charge is -2.26. The number of hydrogen-bond acceptors (Lipinski definition) is 6. The van der Waals surface area contributed by atoms with Gasteiger partial charge in [0, 0.05) is 48.5 Å². The van der Waals surface area contributed by atoms with E-state index in [2.05, 4.69) is 30.2 Å². The summed E-state index contributed by atoms with van der Waals surface area (Å²) in [6, 6.07) is 3.74. The second-order valence-corrected chi connectivity index (χ2v) is 6.87. The van der Waals surface area contributed by atoms with Crippen molar-refractivity contribution in [3.8, 4) is 11.4 Å². The third-order valence-corrected chi connectivity index (χ3v) is 5.06. The first-order valence-corrected chi connectivity index (χ1v) is 8.73. The number of H-pyrrole nitrogens is 1. The van der Waals surface area contributed by atoms with Gasteiger partial charge in [-0.3, -0.25) is 14.7 Å². The van der Waals surface area contributed by atoms with Crippen molar-refractivity contribution in [3.63, 3.8) is 0 Å². The first-order chi connectivity index (χ1) is 11.7. The van der Waals surface area contributed by atoms with E-state index in [9.17, 15) is 4.79 Å². The fourth-order valence-corrected chi connectivity index (χ4v) is 3.74. The molecular formula is C17H17N5OS. The number of aromatic amines is 1. The van der Waals surface area contributed by atoms with Crippen molar-refractivity contribution in [2.24, 2.45) is 0 Å². The maximum absolute atomic E-state index is 12.5. The van der Waals surface area contributed by atoms with Crippen LogP contribution in [-0.2, 0) is 19.5 Å². The molecule has 0 radical (unpaired) electrons. The van der Waals surface area contributed by atoms with Gasteiger partial charge in [-0.1, -0.05) is 0 Å².